The molecule has 3 fully saturated rings. The van der Waals surface area contributed by atoms with E-state index < -0.39 is 23.6 Å². The number of carbonyl (C=O) groups excluding carboxylic acids is 2. The van der Waals surface area contributed by atoms with E-state index in [0.717, 1.165) is 31.7 Å². The molecule has 6 nitrogen and oxygen atoms in total. The first-order valence-corrected chi connectivity index (χ1v) is 13.5. The van der Waals surface area contributed by atoms with Crippen LogP contribution >= 0.6 is 0 Å². The predicted octanol–water partition coefficient (Wildman–Crippen LogP) is 3.75. The molecule has 1 aromatic rings. The topological polar surface area (TPSA) is 69.9 Å². The van der Waals surface area contributed by atoms with Gasteiger partial charge in [-0.25, -0.2) is 8.78 Å². The number of halogens is 2. The van der Waals surface area contributed by atoms with E-state index in [1.165, 1.54) is 18.6 Å². The van der Waals surface area contributed by atoms with Gasteiger partial charge in [-0.1, -0.05) is 25.3 Å². The summed E-state index contributed by atoms with van der Waals surface area (Å²) < 4.78 is 28.4. The van der Waals surface area contributed by atoms with Gasteiger partial charge in [0.05, 0.1) is 12.0 Å². The number of benzene rings is 1. The van der Waals surface area contributed by atoms with E-state index in [1.807, 2.05) is 16.7 Å². The van der Waals surface area contributed by atoms with Gasteiger partial charge in [-0.05, 0) is 58.1 Å². The molecule has 4 atom stereocenters. The first kappa shape index (κ1) is 27.0. The Morgan fingerprint density at radius 3 is 2.33 bits per heavy atom. The molecule has 8 heteroatoms. The summed E-state index contributed by atoms with van der Waals surface area (Å²) in [5, 5.41) is 0. The number of hydrogen-bond donors (Lipinski definition) is 1. The maximum atomic E-state index is 14.8. The zero-order valence-electron chi connectivity index (χ0n) is 22.2. The zero-order valence-corrected chi connectivity index (χ0v) is 22.2. The SMILES string of the molecule is C[C@H]1CN(C(=O)C(N)C2CCCCC2)CCN1C(=O)[C@@H]1CN(C(C)(C)C)C[C@H]1c1ccc(F)cc1F. The average molecular weight is 505 g/mol. The molecule has 1 saturated carbocycles. The molecule has 3 aliphatic rings. The van der Waals surface area contributed by atoms with E-state index in [9.17, 15) is 18.4 Å². The van der Waals surface area contributed by atoms with Gasteiger partial charge in [0.1, 0.15) is 11.6 Å². The van der Waals surface area contributed by atoms with E-state index in [-0.39, 0.29) is 35.2 Å². The molecule has 0 bridgehead atoms. The fourth-order valence-electron chi connectivity index (χ4n) is 6.32. The third-order valence-electron chi connectivity index (χ3n) is 8.61. The summed E-state index contributed by atoms with van der Waals surface area (Å²) in [7, 11) is 0. The number of nitrogens with zero attached hydrogens (tertiary/aromatic N) is 3. The Bertz CT molecular complexity index is 959. The highest BCUT2D eigenvalue weighted by molar-refractivity contribution is 5.84. The van der Waals surface area contributed by atoms with Crippen molar-refractivity contribution in [2.75, 3.05) is 32.7 Å². The van der Waals surface area contributed by atoms with Crippen LogP contribution in [0.1, 0.15) is 71.3 Å². The van der Waals surface area contributed by atoms with Gasteiger partial charge >= 0.3 is 0 Å². The summed E-state index contributed by atoms with van der Waals surface area (Å²) in [5.41, 5.74) is 6.59. The van der Waals surface area contributed by atoms with Crippen LogP contribution in [0.3, 0.4) is 0 Å². The van der Waals surface area contributed by atoms with Gasteiger partial charge in [0.25, 0.3) is 0 Å². The van der Waals surface area contributed by atoms with Crippen LogP contribution in [0.2, 0.25) is 0 Å². The van der Waals surface area contributed by atoms with Crippen molar-refractivity contribution in [1.82, 2.24) is 14.7 Å². The van der Waals surface area contributed by atoms with Crippen molar-refractivity contribution in [2.45, 2.75) is 83.3 Å². The zero-order chi connectivity index (χ0) is 26.2. The average Bonchev–Trinajstić information content (AvgIpc) is 3.29. The maximum Gasteiger partial charge on any atom is 0.239 e. The molecule has 200 valence electrons. The predicted molar refractivity (Wildman–Crippen MR) is 136 cm³/mol. The molecule has 2 aliphatic heterocycles. The van der Waals surface area contributed by atoms with E-state index in [1.54, 1.807) is 0 Å². The number of amides is 2. The van der Waals surface area contributed by atoms with Gasteiger partial charge in [-0.15, -0.1) is 0 Å². The van der Waals surface area contributed by atoms with Crippen LogP contribution in [0.4, 0.5) is 8.78 Å². The fourth-order valence-corrected chi connectivity index (χ4v) is 6.32. The van der Waals surface area contributed by atoms with E-state index in [2.05, 4.69) is 25.7 Å². The van der Waals surface area contributed by atoms with Gasteiger partial charge in [0, 0.05) is 56.3 Å². The molecule has 0 spiro atoms. The number of likely N-dealkylation sites (tertiary alicyclic amines) is 1. The van der Waals surface area contributed by atoms with E-state index >= 15 is 0 Å². The van der Waals surface area contributed by atoms with Crippen molar-refractivity contribution in [3.05, 3.63) is 35.4 Å². The van der Waals surface area contributed by atoms with Crippen LogP contribution in [-0.4, -0.2) is 76.9 Å². The second-order valence-electron chi connectivity index (χ2n) is 12.0. The minimum absolute atomic E-state index is 0.00752. The second-order valence-corrected chi connectivity index (χ2v) is 12.0. The van der Waals surface area contributed by atoms with Crippen LogP contribution in [0, 0.1) is 23.5 Å². The van der Waals surface area contributed by atoms with Crippen molar-refractivity contribution in [3.8, 4) is 0 Å². The molecule has 0 aromatic heterocycles. The highest BCUT2D eigenvalue weighted by atomic mass is 19.1. The van der Waals surface area contributed by atoms with Crippen LogP contribution in [-0.2, 0) is 9.59 Å². The van der Waals surface area contributed by atoms with Crippen LogP contribution < -0.4 is 5.73 Å². The lowest BCUT2D eigenvalue weighted by atomic mass is 9.83. The van der Waals surface area contributed by atoms with Crippen LogP contribution in [0.25, 0.3) is 0 Å². The molecule has 1 aliphatic carbocycles. The number of carbonyl (C=O) groups is 2. The smallest absolute Gasteiger partial charge is 0.239 e. The van der Waals surface area contributed by atoms with Gasteiger partial charge < -0.3 is 15.5 Å². The number of rotatable bonds is 4. The van der Waals surface area contributed by atoms with Crippen molar-refractivity contribution >= 4 is 11.8 Å². The summed E-state index contributed by atoms with van der Waals surface area (Å²) in [6, 6.07) is 3.02. The molecule has 36 heavy (non-hydrogen) atoms. The summed E-state index contributed by atoms with van der Waals surface area (Å²) in [6.45, 7) is 10.6. The molecular weight excluding hydrogens is 462 g/mol. The Kier molecular flexibility index (Phi) is 8.05. The maximum absolute atomic E-state index is 14.8. The van der Waals surface area contributed by atoms with Crippen molar-refractivity contribution in [2.24, 2.45) is 17.6 Å². The van der Waals surface area contributed by atoms with Crippen molar-refractivity contribution in [3.63, 3.8) is 0 Å². The number of hydrogen-bond acceptors (Lipinski definition) is 4. The lowest BCUT2D eigenvalue weighted by molar-refractivity contribution is -0.146. The standard InChI is InChI=1S/C28H42F2N4O2/c1-18-15-32(27(36)25(31)19-8-6-5-7-9-19)12-13-34(18)26(35)23-17-33(28(2,3)4)16-22(23)21-11-10-20(29)14-24(21)30/h10-11,14,18-19,22-23,25H,5-9,12-13,15-17,31H2,1-4H3/t18-,22-,23+,25?/m0/s1. The first-order chi connectivity index (χ1) is 17.0. The molecular formula is C28H42F2N4O2. The molecule has 0 radical (unpaired) electrons. The Morgan fingerprint density at radius 2 is 1.72 bits per heavy atom. The minimum atomic E-state index is -0.620. The largest absolute Gasteiger partial charge is 0.338 e. The van der Waals surface area contributed by atoms with Crippen LogP contribution in [0.5, 0.6) is 0 Å². The van der Waals surface area contributed by atoms with Gasteiger partial charge in [-0.2, -0.15) is 0 Å². The molecule has 2 N–H and O–H groups in total. The van der Waals surface area contributed by atoms with E-state index in [4.69, 9.17) is 5.73 Å². The normalized spacial score (nSPS) is 27.4. The Labute approximate surface area is 214 Å². The summed E-state index contributed by atoms with van der Waals surface area (Å²) >= 11 is 0. The molecule has 2 heterocycles. The minimum Gasteiger partial charge on any atom is -0.338 e. The number of piperazine rings is 1. The number of nitrogens with two attached hydrogens (primary N) is 1. The van der Waals surface area contributed by atoms with Crippen LogP contribution in [0.15, 0.2) is 18.2 Å². The summed E-state index contributed by atoms with van der Waals surface area (Å²) in [4.78, 5) is 32.9. The summed E-state index contributed by atoms with van der Waals surface area (Å²) in [6.07, 6.45) is 5.49. The van der Waals surface area contributed by atoms with Crippen molar-refractivity contribution < 1.29 is 18.4 Å². The summed E-state index contributed by atoms with van der Waals surface area (Å²) in [5.74, 6) is -1.80. The molecule has 1 unspecified atom stereocenters. The van der Waals surface area contributed by atoms with Gasteiger partial charge in [0.15, 0.2) is 0 Å². The van der Waals surface area contributed by atoms with Gasteiger partial charge in [0.2, 0.25) is 11.8 Å². The Balaban J connectivity index is 1.47. The van der Waals surface area contributed by atoms with Crippen molar-refractivity contribution in [1.29, 1.82) is 0 Å². The quantitative estimate of drug-likeness (QED) is 0.678. The molecule has 1 aromatic carbocycles. The third-order valence-corrected chi connectivity index (χ3v) is 8.61. The second kappa shape index (κ2) is 10.7. The highest BCUT2D eigenvalue weighted by Gasteiger charge is 2.46. The van der Waals surface area contributed by atoms with E-state index in [0.29, 0.717) is 38.3 Å². The lowest BCUT2D eigenvalue weighted by Crippen LogP contribution is -2.60. The third kappa shape index (κ3) is 5.59. The molecule has 2 saturated heterocycles. The first-order valence-electron chi connectivity index (χ1n) is 13.5. The monoisotopic (exact) mass is 504 g/mol. The Morgan fingerprint density at radius 1 is 1.03 bits per heavy atom. The lowest BCUT2D eigenvalue weighted by Gasteiger charge is -2.43. The highest BCUT2D eigenvalue weighted by Crippen LogP contribution is 2.39. The Hall–Kier alpha value is -2.06. The molecule has 2 amide bonds. The van der Waals surface area contributed by atoms with Gasteiger partial charge in [-0.3, -0.25) is 14.5 Å². The molecule has 4 rings (SSSR count). The fraction of sp³-hybridized carbons (Fsp3) is 0.714.